The second-order valence-electron chi connectivity index (χ2n) is 7.06. The summed E-state index contributed by atoms with van der Waals surface area (Å²) in [5, 5.41) is 8.37. The highest BCUT2D eigenvalue weighted by molar-refractivity contribution is 8.00. The van der Waals surface area contributed by atoms with Crippen molar-refractivity contribution < 1.29 is 23.5 Å². The maximum Gasteiger partial charge on any atom is 0.265 e. The van der Waals surface area contributed by atoms with Gasteiger partial charge >= 0.3 is 0 Å². The first-order valence-corrected chi connectivity index (χ1v) is 10.9. The van der Waals surface area contributed by atoms with E-state index >= 15 is 0 Å². The summed E-state index contributed by atoms with van der Waals surface area (Å²) < 4.78 is 10.7. The molecule has 1 aliphatic rings. The topological polar surface area (TPSA) is 110 Å². The summed E-state index contributed by atoms with van der Waals surface area (Å²) in [6.45, 7) is 1.98. The molecule has 0 aliphatic carbocycles. The van der Waals surface area contributed by atoms with Gasteiger partial charge < -0.3 is 25.1 Å². The van der Waals surface area contributed by atoms with Gasteiger partial charge in [-0.2, -0.15) is 0 Å². The molecule has 1 aliphatic heterocycles. The van der Waals surface area contributed by atoms with Crippen LogP contribution in [0, 0.1) is 0 Å². The van der Waals surface area contributed by atoms with Crippen LogP contribution in [0.3, 0.4) is 0 Å². The number of anilines is 2. The van der Waals surface area contributed by atoms with Crippen LogP contribution in [0.5, 0.6) is 5.75 Å². The molecule has 164 valence electrons. The lowest BCUT2D eigenvalue weighted by atomic mass is 10.2. The Morgan fingerprint density at radius 1 is 1.12 bits per heavy atom. The first-order valence-electron chi connectivity index (χ1n) is 9.93. The summed E-state index contributed by atoms with van der Waals surface area (Å²) in [5.41, 5.74) is 1.47. The number of rotatable bonds is 7. The van der Waals surface area contributed by atoms with E-state index in [4.69, 9.17) is 9.15 Å². The smallest absolute Gasteiger partial charge is 0.265 e. The van der Waals surface area contributed by atoms with Crippen molar-refractivity contribution in [3.63, 3.8) is 0 Å². The average Bonchev–Trinajstić information content (AvgIpc) is 3.31. The van der Waals surface area contributed by atoms with Gasteiger partial charge in [-0.15, -0.1) is 11.8 Å². The predicted molar refractivity (Wildman–Crippen MR) is 121 cm³/mol. The lowest BCUT2D eigenvalue weighted by Gasteiger charge is -2.23. The summed E-state index contributed by atoms with van der Waals surface area (Å²) >= 11 is 1.27. The molecule has 2 aromatic carbocycles. The first-order chi connectivity index (χ1) is 15.5. The van der Waals surface area contributed by atoms with Crippen LogP contribution in [0.1, 0.15) is 23.0 Å². The van der Waals surface area contributed by atoms with E-state index in [-0.39, 0.29) is 23.5 Å². The molecule has 0 saturated heterocycles. The Labute approximate surface area is 188 Å². The van der Waals surface area contributed by atoms with E-state index in [1.165, 1.54) is 11.8 Å². The van der Waals surface area contributed by atoms with Crippen LogP contribution >= 0.6 is 11.8 Å². The monoisotopic (exact) mass is 451 g/mol. The van der Waals surface area contributed by atoms with Gasteiger partial charge in [0.15, 0.2) is 6.10 Å². The van der Waals surface area contributed by atoms with E-state index in [0.29, 0.717) is 39.9 Å². The number of hydrogen-bond donors (Lipinski definition) is 3. The molecule has 3 aromatic rings. The molecule has 4 rings (SSSR count). The van der Waals surface area contributed by atoms with Crippen molar-refractivity contribution in [3.8, 4) is 5.75 Å². The van der Waals surface area contributed by atoms with Crippen LogP contribution in [0.15, 0.2) is 70.2 Å². The van der Waals surface area contributed by atoms with Crippen LogP contribution in [-0.4, -0.2) is 29.6 Å². The molecule has 32 heavy (non-hydrogen) atoms. The second-order valence-corrected chi connectivity index (χ2v) is 8.07. The maximum atomic E-state index is 12.9. The lowest BCUT2D eigenvalue weighted by Crippen LogP contribution is -2.34. The molecule has 8 nitrogen and oxygen atoms in total. The van der Waals surface area contributed by atoms with Crippen molar-refractivity contribution in [2.75, 3.05) is 16.4 Å². The fourth-order valence-electron chi connectivity index (χ4n) is 3.06. The minimum absolute atomic E-state index is 0.158. The molecule has 0 radical (unpaired) electrons. The molecule has 1 atom stereocenters. The SMILES string of the molecule is C[C@H]1Oc2ccc(NC(=O)c3ccccc3SCC(=O)NCc3ccco3)cc2NC1=O. The molecule has 0 saturated carbocycles. The second kappa shape index (κ2) is 9.61. The molecule has 1 aromatic heterocycles. The summed E-state index contributed by atoms with van der Waals surface area (Å²) in [6, 6.07) is 15.7. The fraction of sp³-hybridized carbons (Fsp3) is 0.174. The number of benzene rings is 2. The van der Waals surface area contributed by atoms with Crippen molar-refractivity contribution in [1.82, 2.24) is 5.32 Å². The van der Waals surface area contributed by atoms with Gasteiger partial charge in [0.2, 0.25) is 5.91 Å². The molecule has 0 fully saturated rings. The summed E-state index contributed by atoms with van der Waals surface area (Å²) in [4.78, 5) is 37.6. The Balaban J connectivity index is 1.39. The minimum Gasteiger partial charge on any atom is -0.479 e. The number of thioether (sulfide) groups is 1. The quantitative estimate of drug-likeness (QED) is 0.473. The number of ether oxygens (including phenoxy) is 1. The van der Waals surface area contributed by atoms with E-state index in [0.717, 1.165) is 0 Å². The molecule has 0 unspecified atom stereocenters. The Morgan fingerprint density at radius 3 is 2.78 bits per heavy atom. The number of furan rings is 1. The Morgan fingerprint density at radius 2 is 1.97 bits per heavy atom. The van der Waals surface area contributed by atoms with Crippen molar-refractivity contribution in [3.05, 3.63) is 72.2 Å². The number of fused-ring (bicyclic) bond motifs is 1. The van der Waals surface area contributed by atoms with Gasteiger partial charge in [-0.25, -0.2) is 0 Å². The third-order valence-corrected chi connectivity index (χ3v) is 5.77. The molecule has 0 spiro atoms. The average molecular weight is 452 g/mol. The fourth-order valence-corrected chi connectivity index (χ4v) is 3.94. The number of carbonyl (C=O) groups excluding carboxylic acids is 3. The van der Waals surface area contributed by atoms with E-state index in [2.05, 4.69) is 16.0 Å². The minimum atomic E-state index is -0.567. The van der Waals surface area contributed by atoms with Gasteiger partial charge in [0.25, 0.3) is 11.8 Å². The zero-order valence-corrected chi connectivity index (χ0v) is 18.0. The number of hydrogen-bond acceptors (Lipinski definition) is 6. The highest BCUT2D eigenvalue weighted by atomic mass is 32.2. The van der Waals surface area contributed by atoms with Crippen molar-refractivity contribution in [1.29, 1.82) is 0 Å². The zero-order chi connectivity index (χ0) is 22.5. The van der Waals surface area contributed by atoms with Gasteiger partial charge in [-0.3, -0.25) is 14.4 Å². The highest BCUT2D eigenvalue weighted by Crippen LogP contribution is 2.32. The highest BCUT2D eigenvalue weighted by Gasteiger charge is 2.24. The molecule has 3 N–H and O–H groups in total. The van der Waals surface area contributed by atoms with Crippen LogP contribution in [-0.2, 0) is 16.1 Å². The Bertz CT molecular complexity index is 1150. The van der Waals surface area contributed by atoms with Gasteiger partial charge in [0.1, 0.15) is 11.5 Å². The van der Waals surface area contributed by atoms with Crippen LogP contribution in [0.25, 0.3) is 0 Å². The molecule has 3 amide bonds. The molecule has 0 bridgehead atoms. The number of carbonyl (C=O) groups is 3. The summed E-state index contributed by atoms with van der Waals surface area (Å²) in [5.74, 6) is 0.649. The standard InChI is InChI=1S/C23H21N3O5S/c1-14-22(28)26-18-11-15(8-9-19(18)31-14)25-23(29)17-6-2-3-7-20(17)32-13-21(27)24-12-16-5-4-10-30-16/h2-11,14H,12-13H2,1H3,(H,24,27)(H,25,29)(H,26,28)/t14-/m1/s1. The number of amides is 3. The van der Waals surface area contributed by atoms with E-state index in [9.17, 15) is 14.4 Å². The molecule has 2 heterocycles. The normalized spacial score (nSPS) is 14.7. The van der Waals surface area contributed by atoms with E-state index < -0.39 is 6.10 Å². The van der Waals surface area contributed by atoms with Crippen molar-refractivity contribution >= 4 is 40.9 Å². The Hall–Kier alpha value is -3.72. The van der Waals surface area contributed by atoms with Crippen LogP contribution in [0.2, 0.25) is 0 Å². The molecular formula is C23H21N3O5S. The maximum absolute atomic E-state index is 12.9. The third-order valence-electron chi connectivity index (χ3n) is 4.70. The van der Waals surface area contributed by atoms with Crippen LogP contribution in [0.4, 0.5) is 11.4 Å². The van der Waals surface area contributed by atoms with Gasteiger partial charge in [0.05, 0.1) is 29.8 Å². The van der Waals surface area contributed by atoms with E-state index in [1.54, 1.807) is 61.7 Å². The van der Waals surface area contributed by atoms with Gasteiger partial charge in [-0.05, 0) is 49.4 Å². The molecule has 9 heteroatoms. The largest absolute Gasteiger partial charge is 0.479 e. The molecular weight excluding hydrogens is 430 g/mol. The third kappa shape index (κ3) is 5.12. The van der Waals surface area contributed by atoms with Gasteiger partial charge in [0, 0.05) is 10.6 Å². The van der Waals surface area contributed by atoms with Crippen molar-refractivity contribution in [2.24, 2.45) is 0 Å². The summed E-state index contributed by atoms with van der Waals surface area (Å²) in [6.07, 6.45) is 0.984. The summed E-state index contributed by atoms with van der Waals surface area (Å²) in [7, 11) is 0. The zero-order valence-electron chi connectivity index (χ0n) is 17.2. The first kappa shape index (κ1) is 21.5. The lowest BCUT2D eigenvalue weighted by molar-refractivity contribution is -0.122. The van der Waals surface area contributed by atoms with Crippen LogP contribution < -0.4 is 20.7 Å². The number of nitrogens with one attached hydrogen (secondary N) is 3. The van der Waals surface area contributed by atoms with E-state index in [1.807, 2.05) is 6.07 Å². The predicted octanol–water partition coefficient (Wildman–Crippen LogP) is 3.66. The van der Waals surface area contributed by atoms with Crippen molar-refractivity contribution in [2.45, 2.75) is 24.5 Å². The Kier molecular flexibility index (Phi) is 6.46. The van der Waals surface area contributed by atoms with Gasteiger partial charge in [-0.1, -0.05) is 12.1 Å².